The van der Waals surface area contributed by atoms with Gasteiger partial charge >= 0.3 is 5.97 Å². The molecule has 4 heteroatoms. The molecule has 0 aliphatic heterocycles. The zero-order valence-corrected chi connectivity index (χ0v) is 10.1. The van der Waals surface area contributed by atoms with Gasteiger partial charge in [-0.1, -0.05) is 24.3 Å². The lowest BCUT2D eigenvalue weighted by Crippen LogP contribution is -1.97. The molecule has 18 heavy (non-hydrogen) atoms. The number of rotatable bonds is 2. The molecule has 0 bridgehead atoms. The van der Waals surface area contributed by atoms with Gasteiger partial charge in [0.25, 0.3) is 0 Å². The third-order valence-corrected chi connectivity index (χ3v) is 3.63. The first-order valence-electron chi connectivity index (χ1n) is 5.40. The highest BCUT2D eigenvalue weighted by Gasteiger charge is 2.11. The normalized spacial score (nSPS) is 10.7. The van der Waals surface area contributed by atoms with Gasteiger partial charge in [0, 0.05) is 6.20 Å². The van der Waals surface area contributed by atoms with Crippen LogP contribution in [0.4, 0.5) is 0 Å². The first kappa shape index (κ1) is 10.9. The zero-order valence-electron chi connectivity index (χ0n) is 9.33. The molecule has 0 saturated carbocycles. The van der Waals surface area contributed by atoms with Crippen LogP contribution in [0.5, 0.6) is 0 Å². The summed E-state index contributed by atoms with van der Waals surface area (Å²) in [6, 6.07) is 11.2. The van der Waals surface area contributed by atoms with Gasteiger partial charge in [-0.15, -0.1) is 11.3 Å². The highest BCUT2D eigenvalue weighted by Crippen LogP contribution is 2.29. The van der Waals surface area contributed by atoms with E-state index in [1.54, 1.807) is 17.8 Å². The number of aromatic nitrogens is 1. The maximum absolute atomic E-state index is 11.3. The molecule has 1 aromatic heterocycles. The van der Waals surface area contributed by atoms with Crippen LogP contribution in [-0.4, -0.2) is 16.1 Å². The van der Waals surface area contributed by atoms with Crippen molar-refractivity contribution in [3.05, 3.63) is 53.7 Å². The summed E-state index contributed by atoms with van der Waals surface area (Å²) in [6.07, 6.45) is 1.75. The number of carbonyl (C=O) groups is 1. The number of aromatic carboxylic acids is 1. The van der Waals surface area contributed by atoms with Crippen LogP contribution >= 0.6 is 11.3 Å². The first-order valence-corrected chi connectivity index (χ1v) is 6.28. The van der Waals surface area contributed by atoms with E-state index in [0.717, 1.165) is 21.2 Å². The molecule has 3 aromatic rings. The average Bonchev–Trinajstić information content (AvgIpc) is 2.91. The lowest BCUT2D eigenvalue weighted by molar-refractivity contribution is 0.0699. The van der Waals surface area contributed by atoms with Gasteiger partial charge in [-0.3, -0.25) is 4.98 Å². The van der Waals surface area contributed by atoms with Crippen molar-refractivity contribution < 1.29 is 9.90 Å². The number of carboxylic acid groups (broad SMARTS) is 1. The molecule has 0 atom stereocenters. The number of nitrogens with zero attached hydrogens (tertiary/aromatic N) is 1. The summed E-state index contributed by atoms with van der Waals surface area (Å²) in [4.78, 5) is 16.3. The van der Waals surface area contributed by atoms with Crippen LogP contribution in [0, 0.1) is 0 Å². The van der Waals surface area contributed by atoms with Gasteiger partial charge in [0.05, 0.1) is 16.0 Å². The van der Waals surface area contributed by atoms with E-state index < -0.39 is 5.97 Å². The minimum Gasteiger partial charge on any atom is -0.478 e. The number of carboxylic acids is 1. The second-order valence-corrected chi connectivity index (χ2v) is 4.80. The molecule has 0 amide bonds. The summed E-state index contributed by atoms with van der Waals surface area (Å²) < 4.78 is 0. The van der Waals surface area contributed by atoms with Crippen LogP contribution < -0.4 is 0 Å². The monoisotopic (exact) mass is 255 g/mol. The maximum atomic E-state index is 11.3. The number of thiazole rings is 1. The fourth-order valence-corrected chi connectivity index (χ4v) is 2.60. The summed E-state index contributed by atoms with van der Waals surface area (Å²) in [6.45, 7) is 0. The Morgan fingerprint density at radius 3 is 2.78 bits per heavy atom. The van der Waals surface area contributed by atoms with E-state index in [0.29, 0.717) is 5.56 Å². The van der Waals surface area contributed by atoms with Crippen molar-refractivity contribution in [3.63, 3.8) is 0 Å². The Kier molecular flexibility index (Phi) is 2.57. The fourth-order valence-electron chi connectivity index (χ4n) is 1.99. The second kappa shape index (κ2) is 4.23. The topological polar surface area (TPSA) is 50.2 Å². The molecular weight excluding hydrogens is 246 g/mol. The molecule has 3 nitrogen and oxygen atoms in total. The Morgan fingerprint density at radius 1 is 1.22 bits per heavy atom. The number of fused-ring (bicyclic) bond motifs is 1. The molecule has 1 heterocycles. The van der Waals surface area contributed by atoms with Crippen molar-refractivity contribution in [2.45, 2.75) is 0 Å². The van der Waals surface area contributed by atoms with Crippen molar-refractivity contribution in [1.29, 1.82) is 0 Å². The minimum absolute atomic E-state index is 0.330. The summed E-state index contributed by atoms with van der Waals surface area (Å²) in [5.41, 5.74) is 2.97. The smallest absolute Gasteiger partial charge is 0.336 e. The number of hydrogen-bond acceptors (Lipinski definition) is 3. The third kappa shape index (κ3) is 1.76. The lowest BCUT2D eigenvalue weighted by Gasteiger charge is -2.05. The van der Waals surface area contributed by atoms with Crippen LogP contribution in [0.2, 0.25) is 0 Å². The van der Waals surface area contributed by atoms with E-state index in [9.17, 15) is 9.90 Å². The summed E-state index contributed by atoms with van der Waals surface area (Å²) in [7, 11) is 0. The van der Waals surface area contributed by atoms with Crippen LogP contribution in [0.1, 0.15) is 10.4 Å². The molecule has 0 aliphatic rings. The maximum Gasteiger partial charge on any atom is 0.336 e. The van der Waals surface area contributed by atoms with Gasteiger partial charge in [0.2, 0.25) is 0 Å². The lowest BCUT2D eigenvalue weighted by atomic mass is 10.0. The summed E-state index contributed by atoms with van der Waals surface area (Å²) in [5, 5.41) is 11.0. The van der Waals surface area contributed by atoms with Crippen LogP contribution in [-0.2, 0) is 0 Å². The zero-order chi connectivity index (χ0) is 12.5. The Balaban J connectivity index is 2.33. The SMILES string of the molecule is O=C(O)c1cc(-c2cncs2)cc2ccccc12. The molecule has 0 spiro atoms. The summed E-state index contributed by atoms with van der Waals surface area (Å²) >= 11 is 1.50. The van der Waals surface area contributed by atoms with Crippen molar-refractivity contribution in [2.24, 2.45) is 0 Å². The molecule has 2 aromatic carbocycles. The van der Waals surface area contributed by atoms with E-state index in [1.165, 1.54) is 11.3 Å². The Bertz CT molecular complexity index is 720. The minimum atomic E-state index is -0.905. The predicted octanol–water partition coefficient (Wildman–Crippen LogP) is 3.66. The number of hydrogen-bond donors (Lipinski definition) is 1. The van der Waals surface area contributed by atoms with Gasteiger partial charge < -0.3 is 5.11 Å². The Labute approximate surface area is 107 Å². The molecule has 0 radical (unpaired) electrons. The molecule has 1 N–H and O–H groups in total. The first-order chi connectivity index (χ1) is 8.75. The van der Waals surface area contributed by atoms with Gasteiger partial charge in [-0.05, 0) is 28.5 Å². The van der Waals surface area contributed by atoms with Crippen LogP contribution in [0.15, 0.2) is 48.1 Å². The Morgan fingerprint density at radius 2 is 2.06 bits per heavy atom. The van der Waals surface area contributed by atoms with E-state index in [1.807, 2.05) is 30.3 Å². The van der Waals surface area contributed by atoms with E-state index in [4.69, 9.17) is 0 Å². The van der Waals surface area contributed by atoms with Crippen LogP contribution in [0.25, 0.3) is 21.2 Å². The molecule has 0 aliphatic carbocycles. The van der Waals surface area contributed by atoms with Crippen molar-refractivity contribution in [2.75, 3.05) is 0 Å². The summed E-state index contributed by atoms with van der Waals surface area (Å²) in [5.74, 6) is -0.905. The molecular formula is C14H9NO2S. The molecule has 3 rings (SSSR count). The predicted molar refractivity (Wildman–Crippen MR) is 72.0 cm³/mol. The van der Waals surface area contributed by atoms with Crippen molar-refractivity contribution in [1.82, 2.24) is 4.98 Å². The second-order valence-electron chi connectivity index (χ2n) is 3.92. The molecule has 0 unspecified atom stereocenters. The quantitative estimate of drug-likeness (QED) is 0.760. The number of benzene rings is 2. The molecule has 88 valence electrons. The van der Waals surface area contributed by atoms with E-state index >= 15 is 0 Å². The van der Waals surface area contributed by atoms with Crippen LogP contribution in [0.3, 0.4) is 0 Å². The molecule has 0 fully saturated rings. The van der Waals surface area contributed by atoms with Crippen molar-refractivity contribution >= 4 is 28.1 Å². The Hall–Kier alpha value is -2.20. The van der Waals surface area contributed by atoms with E-state index in [-0.39, 0.29) is 0 Å². The average molecular weight is 255 g/mol. The fraction of sp³-hybridized carbons (Fsp3) is 0. The van der Waals surface area contributed by atoms with Gasteiger partial charge in [-0.2, -0.15) is 0 Å². The largest absolute Gasteiger partial charge is 0.478 e. The van der Waals surface area contributed by atoms with Gasteiger partial charge in [-0.25, -0.2) is 4.79 Å². The standard InChI is InChI=1S/C14H9NO2S/c16-14(17)12-6-10(13-7-15-8-18-13)5-9-3-1-2-4-11(9)12/h1-8H,(H,16,17). The highest BCUT2D eigenvalue weighted by molar-refractivity contribution is 7.13. The van der Waals surface area contributed by atoms with Gasteiger partial charge in [0.15, 0.2) is 0 Å². The third-order valence-electron chi connectivity index (χ3n) is 2.81. The van der Waals surface area contributed by atoms with Gasteiger partial charge in [0.1, 0.15) is 0 Å². The molecule has 0 saturated heterocycles. The van der Waals surface area contributed by atoms with E-state index in [2.05, 4.69) is 4.98 Å². The highest BCUT2D eigenvalue weighted by atomic mass is 32.1. The van der Waals surface area contributed by atoms with Crippen molar-refractivity contribution in [3.8, 4) is 10.4 Å².